The first-order valence-electron chi connectivity index (χ1n) is 4.53. The third-order valence-corrected chi connectivity index (χ3v) is 3.08. The molecule has 76 valence electrons. The van der Waals surface area contributed by atoms with Crippen molar-refractivity contribution in [1.29, 1.82) is 0 Å². The molecule has 3 N–H and O–H groups in total. The van der Waals surface area contributed by atoms with Crippen LogP contribution >= 0.6 is 11.3 Å². The van der Waals surface area contributed by atoms with Gasteiger partial charge in [-0.3, -0.25) is 4.79 Å². The Bertz CT molecular complexity index is 320. The lowest BCUT2D eigenvalue weighted by molar-refractivity contribution is -0.118. The number of hydrogen-bond donors (Lipinski definition) is 2. The van der Waals surface area contributed by atoms with Gasteiger partial charge in [-0.25, -0.2) is 0 Å². The van der Waals surface area contributed by atoms with Gasteiger partial charge in [0.05, 0.1) is 0 Å². The Kier molecular flexibility index (Phi) is 2.47. The summed E-state index contributed by atoms with van der Waals surface area (Å²) >= 11 is 1.31. The van der Waals surface area contributed by atoms with Crippen molar-refractivity contribution in [2.24, 2.45) is 5.73 Å². The molecule has 0 aromatic carbocycles. The maximum absolute atomic E-state index is 11.5. The third kappa shape index (κ3) is 2.08. The highest BCUT2D eigenvalue weighted by Gasteiger charge is 2.34. The molecule has 1 amide bonds. The summed E-state index contributed by atoms with van der Waals surface area (Å²) < 4.78 is 0. The van der Waals surface area contributed by atoms with Gasteiger partial charge in [0.25, 0.3) is 0 Å². The van der Waals surface area contributed by atoms with Gasteiger partial charge in [0, 0.05) is 12.0 Å². The molecule has 6 heteroatoms. The third-order valence-electron chi connectivity index (χ3n) is 2.47. The van der Waals surface area contributed by atoms with Gasteiger partial charge in [0.2, 0.25) is 11.0 Å². The van der Waals surface area contributed by atoms with E-state index in [9.17, 15) is 4.79 Å². The molecule has 2 rings (SSSR count). The molecule has 0 radical (unpaired) electrons. The molecule has 0 atom stereocenters. The van der Waals surface area contributed by atoms with Crippen LogP contribution in [0.15, 0.2) is 5.51 Å². The molecule has 1 aromatic rings. The van der Waals surface area contributed by atoms with E-state index in [0.717, 1.165) is 19.3 Å². The molecule has 14 heavy (non-hydrogen) atoms. The van der Waals surface area contributed by atoms with Crippen LogP contribution in [-0.4, -0.2) is 21.6 Å². The Labute approximate surface area is 85.7 Å². The molecular weight excluding hydrogens is 200 g/mol. The average molecular weight is 212 g/mol. The lowest BCUT2D eigenvalue weighted by Gasteiger charge is -2.37. The molecule has 1 aliphatic carbocycles. The van der Waals surface area contributed by atoms with E-state index in [2.05, 4.69) is 15.5 Å². The Morgan fingerprint density at radius 3 is 3.00 bits per heavy atom. The van der Waals surface area contributed by atoms with Crippen molar-refractivity contribution in [3.63, 3.8) is 0 Å². The molecule has 1 saturated carbocycles. The fourth-order valence-electron chi connectivity index (χ4n) is 1.52. The van der Waals surface area contributed by atoms with Crippen molar-refractivity contribution in [2.45, 2.75) is 31.2 Å². The summed E-state index contributed by atoms with van der Waals surface area (Å²) in [6.07, 6.45) is 3.39. The second-order valence-electron chi connectivity index (χ2n) is 3.68. The lowest BCUT2D eigenvalue weighted by Crippen LogP contribution is -2.48. The number of carbonyl (C=O) groups is 1. The van der Waals surface area contributed by atoms with Gasteiger partial charge in [0.1, 0.15) is 5.51 Å². The van der Waals surface area contributed by atoms with E-state index < -0.39 is 0 Å². The zero-order valence-electron chi connectivity index (χ0n) is 7.69. The SMILES string of the molecule is NC1(CC(=O)Nc2nncs2)CCC1. The first kappa shape index (κ1) is 9.54. The molecule has 0 unspecified atom stereocenters. The van der Waals surface area contributed by atoms with Crippen molar-refractivity contribution < 1.29 is 4.79 Å². The predicted molar refractivity (Wildman–Crippen MR) is 53.9 cm³/mol. The van der Waals surface area contributed by atoms with Crippen molar-refractivity contribution in [2.75, 3.05) is 5.32 Å². The summed E-state index contributed by atoms with van der Waals surface area (Å²) in [4.78, 5) is 11.5. The Hall–Kier alpha value is -1.01. The van der Waals surface area contributed by atoms with Gasteiger partial charge in [0.15, 0.2) is 0 Å². The van der Waals surface area contributed by atoms with E-state index in [4.69, 9.17) is 5.73 Å². The molecule has 5 nitrogen and oxygen atoms in total. The molecule has 0 bridgehead atoms. The van der Waals surface area contributed by atoms with Gasteiger partial charge in [-0.15, -0.1) is 10.2 Å². The minimum Gasteiger partial charge on any atom is -0.325 e. The largest absolute Gasteiger partial charge is 0.325 e. The second-order valence-corrected chi connectivity index (χ2v) is 4.52. The zero-order chi connectivity index (χ0) is 10.0. The highest BCUT2D eigenvalue weighted by atomic mass is 32.1. The zero-order valence-corrected chi connectivity index (χ0v) is 8.51. The number of amides is 1. The molecule has 0 aliphatic heterocycles. The molecule has 1 aliphatic rings. The maximum atomic E-state index is 11.5. The summed E-state index contributed by atoms with van der Waals surface area (Å²) in [5.41, 5.74) is 7.25. The number of aromatic nitrogens is 2. The molecule has 1 heterocycles. The Balaban J connectivity index is 1.84. The van der Waals surface area contributed by atoms with Gasteiger partial charge in [-0.2, -0.15) is 0 Å². The van der Waals surface area contributed by atoms with Crippen molar-refractivity contribution in [1.82, 2.24) is 10.2 Å². The quantitative estimate of drug-likeness (QED) is 0.774. The molecule has 0 saturated heterocycles. The highest BCUT2D eigenvalue weighted by Crippen LogP contribution is 2.32. The van der Waals surface area contributed by atoms with Crippen LogP contribution < -0.4 is 11.1 Å². The Morgan fingerprint density at radius 1 is 1.71 bits per heavy atom. The molecule has 1 aromatic heterocycles. The van der Waals surface area contributed by atoms with Crippen LogP contribution in [0.25, 0.3) is 0 Å². The van der Waals surface area contributed by atoms with Crippen LogP contribution in [-0.2, 0) is 4.79 Å². The average Bonchev–Trinajstić information content (AvgIpc) is 2.53. The van der Waals surface area contributed by atoms with Crippen molar-refractivity contribution in [3.8, 4) is 0 Å². The Morgan fingerprint density at radius 2 is 2.50 bits per heavy atom. The van der Waals surface area contributed by atoms with Crippen LogP contribution in [0.3, 0.4) is 0 Å². The maximum Gasteiger partial charge on any atom is 0.228 e. The van der Waals surface area contributed by atoms with Gasteiger partial charge in [-0.1, -0.05) is 11.3 Å². The minimum atomic E-state index is -0.269. The summed E-state index contributed by atoms with van der Waals surface area (Å²) in [6.45, 7) is 0. The smallest absolute Gasteiger partial charge is 0.228 e. The summed E-state index contributed by atoms with van der Waals surface area (Å²) in [6, 6.07) is 0. The van der Waals surface area contributed by atoms with Crippen molar-refractivity contribution in [3.05, 3.63) is 5.51 Å². The second kappa shape index (κ2) is 3.62. The standard InChI is InChI=1S/C8H12N4OS/c9-8(2-1-3-8)4-6(13)11-7-12-10-5-14-7/h5H,1-4,9H2,(H,11,12,13). The van der Waals surface area contributed by atoms with E-state index >= 15 is 0 Å². The van der Waals surface area contributed by atoms with Crippen LogP contribution in [0.1, 0.15) is 25.7 Å². The minimum absolute atomic E-state index is 0.0658. The first-order valence-corrected chi connectivity index (χ1v) is 5.41. The lowest BCUT2D eigenvalue weighted by atomic mass is 9.75. The summed E-state index contributed by atoms with van der Waals surface area (Å²) in [5, 5.41) is 10.6. The van der Waals surface area contributed by atoms with Crippen LogP contribution in [0.2, 0.25) is 0 Å². The molecular formula is C8H12N4OS. The molecule has 0 spiro atoms. The van der Waals surface area contributed by atoms with Crippen LogP contribution in [0.5, 0.6) is 0 Å². The fraction of sp³-hybridized carbons (Fsp3) is 0.625. The number of carbonyl (C=O) groups excluding carboxylic acids is 1. The first-order chi connectivity index (χ1) is 6.68. The number of anilines is 1. The number of nitrogens with zero attached hydrogens (tertiary/aromatic N) is 2. The number of nitrogens with two attached hydrogens (primary N) is 1. The fourth-order valence-corrected chi connectivity index (χ4v) is 1.98. The van der Waals surface area contributed by atoms with E-state index in [1.54, 1.807) is 5.51 Å². The van der Waals surface area contributed by atoms with Gasteiger partial charge >= 0.3 is 0 Å². The number of hydrogen-bond acceptors (Lipinski definition) is 5. The van der Waals surface area contributed by atoms with Gasteiger partial charge < -0.3 is 11.1 Å². The van der Waals surface area contributed by atoms with Crippen molar-refractivity contribution >= 4 is 22.4 Å². The predicted octanol–water partition coefficient (Wildman–Crippen LogP) is 0.748. The summed E-state index contributed by atoms with van der Waals surface area (Å²) in [5.74, 6) is -0.0658. The van der Waals surface area contributed by atoms with E-state index in [1.807, 2.05) is 0 Å². The topological polar surface area (TPSA) is 80.9 Å². The molecule has 1 fully saturated rings. The van der Waals surface area contributed by atoms with E-state index in [-0.39, 0.29) is 11.4 Å². The van der Waals surface area contributed by atoms with E-state index in [1.165, 1.54) is 11.3 Å². The van der Waals surface area contributed by atoms with Crippen LogP contribution in [0, 0.1) is 0 Å². The normalized spacial score (nSPS) is 18.6. The number of nitrogens with one attached hydrogen (secondary N) is 1. The summed E-state index contributed by atoms with van der Waals surface area (Å²) in [7, 11) is 0. The number of rotatable bonds is 3. The van der Waals surface area contributed by atoms with E-state index in [0.29, 0.717) is 11.6 Å². The van der Waals surface area contributed by atoms with Gasteiger partial charge in [-0.05, 0) is 19.3 Å². The highest BCUT2D eigenvalue weighted by molar-refractivity contribution is 7.13. The monoisotopic (exact) mass is 212 g/mol. The van der Waals surface area contributed by atoms with Crippen LogP contribution in [0.4, 0.5) is 5.13 Å².